The van der Waals surface area contributed by atoms with Crippen molar-refractivity contribution in [3.63, 3.8) is 0 Å². The largest absolute Gasteiger partial charge is 0.508 e. The zero-order valence-electron chi connectivity index (χ0n) is 10.2. The van der Waals surface area contributed by atoms with Crippen molar-refractivity contribution in [2.45, 2.75) is 0 Å². The molecule has 5 nitrogen and oxygen atoms in total. The molecule has 0 bridgehead atoms. The van der Waals surface area contributed by atoms with Crippen molar-refractivity contribution in [2.24, 2.45) is 0 Å². The summed E-state index contributed by atoms with van der Waals surface area (Å²) >= 11 is 0. The Bertz CT molecular complexity index is 798. The Labute approximate surface area is 113 Å². The Morgan fingerprint density at radius 2 is 2.15 bits per heavy atom. The number of carbonyl (C=O) groups is 1. The lowest BCUT2D eigenvalue weighted by Crippen LogP contribution is -2.13. The molecule has 0 fully saturated rings. The molecule has 3 rings (SSSR count). The van der Waals surface area contributed by atoms with Crippen molar-refractivity contribution in [1.82, 2.24) is 10.2 Å². The van der Waals surface area contributed by atoms with Crippen LogP contribution in [0, 0.1) is 5.82 Å². The smallest absolute Gasteiger partial charge is 0.257 e. The summed E-state index contributed by atoms with van der Waals surface area (Å²) in [6.07, 6.45) is 1.60. The highest BCUT2D eigenvalue weighted by atomic mass is 19.1. The molecule has 0 saturated heterocycles. The Balaban J connectivity index is 1.95. The molecule has 0 aliphatic carbocycles. The topological polar surface area (TPSA) is 78.0 Å². The molecule has 0 aliphatic heterocycles. The van der Waals surface area contributed by atoms with Crippen LogP contribution in [-0.4, -0.2) is 21.2 Å². The molecule has 1 aromatic heterocycles. The summed E-state index contributed by atoms with van der Waals surface area (Å²) < 4.78 is 13.6. The number of phenols is 1. The molecule has 3 aromatic rings. The van der Waals surface area contributed by atoms with Crippen molar-refractivity contribution in [1.29, 1.82) is 0 Å². The van der Waals surface area contributed by atoms with Crippen LogP contribution in [0.1, 0.15) is 10.4 Å². The number of phenolic OH excluding ortho intramolecular Hbond substituents is 1. The van der Waals surface area contributed by atoms with E-state index in [-0.39, 0.29) is 11.4 Å². The molecule has 0 atom stereocenters. The average molecular weight is 271 g/mol. The average Bonchev–Trinajstić information content (AvgIpc) is 2.90. The Kier molecular flexibility index (Phi) is 2.83. The number of nitrogens with zero attached hydrogens (tertiary/aromatic N) is 1. The van der Waals surface area contributed by atoms with Crippen molar-refractivity contribution in [3.8, 4) is 5.75 Å². The van der Waals surface area contributed by atoms with E-state index in [1.54, 1.807) is 18.3 Å². The van der Waals surface area contributed by atoms with Gasteiger partial charge in [-0.3, -0.25) is 9.89 Å². The molecule has 0 aliphatic rings. The van der Waals surface area contributed by atoms with Crippen LogP contribution < -0.4 is 5.32 Å². The van der Waals surface area contributed by atoms with Crippen LogP contribution >= 0.6 is 0 Å². The fourth-order valence-corrected chi connectivity index (χ4v) is 1.95. The highest BCUT2D eigenvalue weighted by molar-refractivity contribution is 6.11. The van der Waals surface area contributed by atoms with Gasteiger partial charge in [0, 0.05) is 11.5 Å². The molecule has 0 spiro atoms. The number of aromatic hydroxyl groups is 1. The van der Waals surface area contributed by atoms with Crippen LogP contribution in [0.25, 0.3) is 10.9 Å². The quantitative estimate of drug-likeness (QED) is 0.627. The molecule has 2 aromatic carbocycles. The van der Waals surface area contributed by atoms with E-state index in [1.165, 1.54) is 12.1 Å². The number of hydrogen-bond acceptors (Lipinski definition) is 3. The van der Waals surface area contributed by atoms with Gasteiger partial charge in [0.25, 0.3) is 5.91 Å². The van der Waals surface area contributed by atoms with Gasteiger partial charge >= 0.3 is 0 Å². The number of fused-ring (bicyclic) bond motifs is 1. The van der Waals surface area contributed by atoms with Crippen LogP contribution in [0.3, 0.4) is 0 Å². The minimum Gasteiger partial charge on any atom is -0.508 e. The second-order valence-corrected chi connectivity index (χ2v) is 4.26. The van der Waals surface area contributed by atoms with Crippen LogP contribution in [-0.2, 0) is 0 Å². The molecule has 1 heterocycles. The monoisotopic (exact) mass is 271 g/mol. The van der Waals surface area contributed by atoms with E-state index >= 15 is 0 Å². The van der Waals surface area contributed by atoms with Crippen molar-refractivity contribution < 1.29 is 14.3 Å². The highest BCUT2D eigenvalue weighted by Gasteiger charge is 2.13. The van der Waals surface area contributed by atoms with Gasteiger partial charge in [-0.05, 0) is 18.2 Å². The Hall–Kier alpha value is -2.89. The summed E-state index contributed by atoms with van der Waals surface area (Å²) in [5.41, 5.74) is 0.959. The third-order valence-corrected chi connectivity index (χ3v) is 2.92. The first kappa shape index (κ1) is 12.2. The molecule has 0 radical (unpaired) electrons. The molecule has 0 saturated carbocycles. The van der Waals surface area contributed by atoms with Gasteiger partial charge in [0.1, 0.15) is 11.6 Å². The van der Waals surface area contributed by atoms with Crippen LogP contribution in [0.2, 0.25) is 0 Å². The summed E-state index contributed by atoms with van der Waals surface area (Å²) in [4.78, 5) is 12.2. The fourth-order valence-electron chi connectivity index (χ4n) is 1.95. The lowest BCUT2D eigenvalue weighted by atomic mass is 10.1. The maximum Gasteiger partial charge on any atom is 0.257 e. The lowest BCUT2D eigenvalue weighted by Gasteiger charge is -2.07. The Morgan fingerprint density at radius 1 is 1.30 bits per heavy atom. The normalized spacial score (nSPS) is 10.7. The number of benzene rings is 2. The van der Waals surface area contributed by atoms with E-state index in [0.29, 0.717) is 11.1 Å². The Morgan fingerprint density at radius 3 is 2.95 bits per heavy atom. The maximum atomic E-state index is 13.6. The number of H-pyrrole nitrogens is 1. The second-order valence-electron chi connectivity index (χ2n) is 4.26. The first-order valence-corrected chi connectivity index (χ1v) is 5.87. The third-order valence-electron chi connectivity index (χ3n) is 2.92. The summed E-state index contributed by atoms with van der Waals surface area (Å²) in [6.45, 7) is 0. The molecule has 20 heavy (non-hydrogen) atoms. The van der Waals surface area contributed by atoms with Gasteiger partial charge in [0.2, 0.25) is 0 Å². The molecular formula is C14H10FN3O2. The van der Waals surface area contributed by atoms with Crippen LogP contribution in [0.4, 0.5) is 10.1 Å². The predicted octanol–water partition coefficient (Wildman–Crippen LogP) is 2.66. The SMILES string of the molecule is O=C(Nc1ccc(O)cc1F)c1cccc2cn[nH]c12. The van der Waals surface area contributed by atoms with E-state index in [9.17, 15) is 9.18 Å². The molecule has 1 amide bonds. The molecule has 100 valence electrons. The highest BCUT2D eigenvalue weighted by Crippen LogP contribution is 2.21. The van der Waals surface area contributed by atoms with Crippen molar-refractivity contribution >= 4 is 22.5 Å². The number of nitrogens with one attached hydrogen (secondary N) is 2. The molecule has 6 heteroatoms. The fraction of sp³-hybridized carbons (Fsp3) is 0. The molecule has 0 unspecified atom stereocenters. The number of para-hydroxylation sites is 1. The minimum absolute atomic E-state index is 0.00400. The summed E-state index contributed by atoms with van der Waals surface area (Å²) in [5.74, 6) is -1.35. The van der Waals surface area contributed by atoms with Crippen LogP contribution in [0.15, 0.2) is 42.6 Å². The number of anilines is 1. The maximum absolute atomic E-state index is 13.6. The lowest BCUT2D eigenvalue weighted by molar-refractivity contribution is 0.102. The van der Waals surface area contributed by atoms with Gasteiger partial charge < -0.3 is 10.4 Å². The number of halogens is 1. The molecule has 3 N–H and O–H groups in total. The molecular weight excluding hydrogens is 261 g/mol. The summed E-state index contributed by atoms with van der Waals surface area (Å²) in [6, 6.07) is 8.70. The van der Waals surface area contributed by atoms with E-state index in [2.05, 4.69) is 15.5 Å². The van der Waals surface area contributed by atoms with Gasteiger partial charge in [-0.15, -0.1) is 0 Å². The van der Waals surface area contributed by atoms with E-state index in [4.69, 9.17) is 5.11 Å². The van der Waals surface area contributed by atoms with Crippen LogP contribution in [0.5, 0.6) is 5.75 Å². The third kappa shape index (κ3) is 2.07. The number of aromatic amines is 1. The van der Waals surface area contributed by atoms with Gasteiger partial charge in [0.15, 0.2) is 0 Å². The standard InChI is InChI=1S/C14H10FN3O2/c15-11-6-9(19)4-5-12(11)17-14(20)10-3-1-2-8-7-16-18-13(8)10/h1-7,19H,(H,16,18)(H,17,20). The van der Waals surface area contributed by atoms with Gasteiger partial charge in [-0.1, -0.05) is 12.1 Å². The first-order chi connectivity index (χ1) is 9.65. The first-order valence-electron chi connectivity index (χ1n) is 5.87. The van der Waals surface area contributed by atoms with E-state index in [1.807, 2.05) is 6.07 Å². The predicted molar refractivity (Wildman–Crippen MR) is 72.1 cm³/mol. The number of rotatable bonds is 2. The number of aromatic nitrogens is 2. The second kappa shape index (κ2) is 4.65. The zero-order chi connectivity index (χ0) is 14.1. The van der Waals surface area contributed by atoms with Gasteiger partial charge in [0.05, 0.1) is 23.0 Å². The van der Waals surface area contributed by atoms with Crippen molar-refractivity contribution in [2.75, 3.05) is 5.32 Å². The van der Waals surface area contributed by atoms with Crippen molar-refractivity contribution in [3.05, 3.63) is 54.0 Å². The van der Waals surface area contributed by atoms with E-state index < -0.39 is 11.7 Å². The minimum atomic E-state index is -0.699. The summed E-state index contributed by atoms with van der Waals surface area (Å²) in [7, 11) is 0. The summed E-state index contributed by atoms with van der Waals surface area (Å²) in [5, 5.41) is 19.0. The van der Waals surface area contributed by atoms with Gasteiger partial charge in [-0.2, -0.15) is 5.10 Å². The van der Waals surface area contributed by atoms with E-state index in [0.717, 1.165) is 11.5 Å². The number of hydrogen-bond donors (Lipinski definition) is 3. The van der Waals surface area contributed by atoms with Gasteiger partial charge in [-0.25, -0.2) is 4.39 Å². The number of amides is 1. The number of carbonyl (C=O) groups excluding carboxylic acids is 1. The zero-order valence-corrected chi connectivity index (χ0v) is 10.2.